The maximum atomic E-state index is 6.18. The molecule has 0 unspecified atom stereocenters. The van der Waals surface area contributed by atoms with Gasteiger partial charge in [0.25, 0.3) is 0 Å². The second kappa shape index (κ2) is 4.94. The van der Waals surface area contributed by atoms with Gasteiger partial charge in [-0.05, 0) is 13.1 Å². The summed E-state index contributed by atoms with van der Waals surface area (Å²) in [6.45, 7) is 1.88. The third kappa shape index (κ3) is 2.23. The molecule has 2 atom stereocenters. The predicted molar refractivity (Wildman–Crippen MR) is 67.8 cm³/mol. The Labute approximate surface area is 102 Å². The molecule has 4 heteroatoms. The van der Waals surface area contributed by atoms with E-state index in [-0.39, 0.29) is 6.04 Å². The van der Waals surface area contributed by atoms with Crippen LogP contribution < -0.4 is 15.2 Å². The smallest absolute Gasteiger partial charge is 0.164 e. The topological polar surface area (TPSA) is 47.7 Å². The highest BCUT2D eigenvalue weighted by Crippen LogP contribution is 2.38. The molecule has 0 radical (unpaired) electrons. The molecule has 1 aromatic rings. The van der Waals surface area contributed by atoms with Crippen LogP contribution in [0.2, 0.25) is 0 Å². The van der Waals surface area contributed by atoms with Gasteiger partial charge in [-0.3, -0.25) is 0 Å². The third-order valence-corrected chi connectivity index (χ3v) is 3.38. The number of ether oxygens (including phenoxy) is 2. The summed E-state index contributed by atoms with van der Waals surface area (Å²) in [6.07, 6.45) is 0. The van der Waals surface area contributed by atoms with E-state index in [0.29, 0.717) is 5.92 Å². The van der Waals surface area contributed by atoms with E-state index >= 15 is 0 Å². The molecule has 0 amide bonds. The fourth-order valence-corrected chi connectivity index (χ4v) is 2.57. The first-order chi connectivity index (χ1) is 8.17. The molecule has 0 spiro atoms. The van der Waals surface area contributed by atoms with Gasteiger partial charge in [0, 0.05) is 30.6 Å². The molecule has 94 valence electrons. The number of nitrogens with zero attached hydrogens (tertiary/aromatic N) is 1. The molecule has 1 saturated heterocycles. The number of para-hydroxylation sites is 1. The van der Waals surface area contributed by atoms with Crippen LogP contribution in [0.25, 0.3) is 0 Å². The first-order valence-electron chi connectivity index (χ1n) is 5.82. The molecule has 0 saturated carbocycles. The maximum Gasteiger partial charge on any atom is 0.164 e. The van der Waals surface area contributed by atoms with Crippen molar-refractivity contribution in [3.8, 4) is 11.5 Å². The first kappa shape index (κ1) is 12.2. The zero-order valence-electron chi connectivity index (χ0n) is 10.6. The molecule has 1 aromatic carbocycles. The number of benzene rings is 1. The number of likely N-dealkylation sites (tertiary alicyclic amines) is 1. The van der Waals surface area contributed by atoms with Gasteiger partial charge in [0.05, 0.1) is 14.2 Å². The van der Waals surface area contributed by atoms with Crippen molar-refractivity contribution >= 4 is 0 Å². The van der Waals surface area contributed by atoms with Gasteiger partial charge in [0.2, 0.25) is 0 Å². The van der Waals surface area contributed by atoms with Crippen molar-refractivity contribution in [2.45, 2.75) is 12.0 Å². The number of hydrogen-bond donors (Lipinski definition) is 1. The molecule has 0 aromatic heterocycles. The fraction of sp³-hybridized carbons (Fsp3) is 0.538. The highest BCUT2D eigenvalue weighted by atomic mass is 16.5. The summed E-state index contributed by atoms with van der Waals surface area (Å²) in [5.74, 6) is 1.89. The summed E-state index contributed by atoms with van der Waals surface area (Å²) >= 11 is 0. The molecule has 4 nitrogen and oxygen atoms in total. The average Bonchev–Trinajstić information content (AvgIpc) is 2.67. The zero-order chi connectivity index (χ0) is 12.4. The van der Waals surface area contributed by atoms with Gasteiger partial charge in [-0.1, -0.05) is 12.1 Å². The molecular formula is C13H20N2O2. The second-order valence-corrected chi connectivity index (χ2v) is 4.57. The Morgan fingerprint density at radius 1 is 1.24 bits per heavy atom. The van der Waals surface area contributed by atoms with Crippen LogP contribution >= 0.6 is 0 Å². The van der Waals surface area contributed by atoms with Crippen LogP contribution in [0.4, 0.5) is 0 Å². The molecule has 1 heterocycles. The highest BCUT2D eigenvalue weighted by molar-refractivity contribution is 5.49. The van der Waals surface area contributed by atoms with E-state index in [9.17, 15) is 0 Å². The summed E-state index contributed by atoms with van der Waals surface area (Å²) < 4.78 is 10.8. The van der Waals surface area contributed by atoms with Gasteiger partial charge >= 0.3 is 0 Å². The minimum absolute atomic E-state index is 0.154. The van der Waals surface area contributed by atoms with Gasteiger partial charge in [-0.15, -0.1) is 0 Å². The van der Waals surface area contributed by atoms with Gasteiger partial charge in [-0.2, -0.15) is 0 Å². The monoisotopic (exact) mass is 236 g/mol. The first-order valence-corrected chi connectivity index (χ1v) is 5.82. The lowest BCUT2D eigenvalue weighted by Crippen LogP contribution is -2.28. The van der Waals surface area contributed by atoms with Crippen LogP contribution in [-0.4, -0.2) is 45.3 Å². The van der Waals surface area contributed by atoms with Crippen LogP contribution in [0.15, 0.2) is 18.2 Å². The van der Waals surface area contributed by atoms with Crippen molar-refractivity contribution in [3.05, 3.63) is 23.8 Å². The molecule has 2 N–H and O–H groups in total. The van der Waals surface area contributed by atoms with Crippen LogP contribution in [0.1, 0.15) is 11.5 Å². The van der Waals surface area contributed by atoms with Crippen LogP contribution in [0.5, 0.6) is 11.5 Å². The van der Waals surface area contributed by atoms with Gasteiger partial charge < -0.3 is 20.1 Å². The zero-order valence-corrected chi connectivity index (χ0v) is 10.6. The summed E-state index contributed by atoms with van der Waals surface area (Å²) in [5, 5.41) is 0. The van der Waals surface area contributed by atoms with Crippen molar-refractivity contribution in [1.82, 2.24) is 4.90 Å². The standard InChI is InChI=1S/C13H20N2O2/c1-15-7-10(11(14)8-15)9-5-4-6-12(16-2)13(9)17-3/h4-6,10-11H,7-8,14H2,1-3H3/t10-,11-/m1/s1. The van der Waals surface area contributed by atoms with Gasteiger partial charge in [-0.25, -0.2) is 0 Å². The SMILES string of the molecule is COc1cccc([C@H]2CN(C)C[C@H]2N)c1OC. The molecule has 1 aliphatic heterocycles. The molecule has 2 rings (SSSR count). The van der Waals surface area contributed by atoms with E-state index in [1.54, 1.807) is 14.2 Å². The summed E-state index contributed by atoms with van der Waals surface area (Å²) in [4.78, 5) is 2.24. The summed E-state index contributed by atoms with van der Waals surface area (Å²) in [5.41, 5.74) is 7.32. The van der Waals surface area contributed by atoms with E-state index in [1.807, 2.05) is 12.1 Å². The Hall–Kier alpha value is -1.26. The Kier molecular flexibility index (Phi) is 3.54. The summed E-state index contributed by atoms with van der Waals surface area (Å²) in [7, 11) is 5.42. The van der Waals surface area contributed by atoms with Crippen molar-refractivity contribution < 1.29 is 9.47 Å². The number of nitrogens with two attached hydrogens (primary N) is 1. The normalized spacial score (nSPS) is 24.9. The quantitative estimate of drug-likeness (QED) is 0.852. The Bertz CT molecular complexity index is 395. The van der Waals surface area contributed by atoms with Crippen molar-refractivity contribution in [3.63, 3.8) is 0 Å². The van der Waals surface area contributed by atoms with Crippen LogP contribution in [0.3, 0.4) is 0 Å². The van der Waals surface area contributed by atoms with E-state index < -0.39 is 0 Å². The lowest BCUT2D eigenvalue weighted by molar-refractivity contribution is 0.348. The molecule has 1 fully saturated rings. The number of rotatable bonds is 3. The lowest BCUT2D eigenvalue weighted by Gasteiger charge is -2.19. The third-order valence-electron chi connectivity index (χ3n) is 3.38. The molecular weight excluding hydrogens is 216 g/mol. The Morgan fingerprint density at radius 3 is 2.53 bits per heavy atom. The Balaban J connectivity index is 2.38. The van der Waals surface area contributed by atoms with Crippen molar-refractivity contribution in [2.75, 3.05) is 34.4 Å². The van der Waals surface area contributed by atoms with Crippen molar-refractivity contribution in [2.24, 2.45) is 5.73 Å². The largest absolute Gasteiger partial charge is 0.493 e. The number of likely N-dealkylation sites (N-methyl/N-ethyl adjacent to an activating group) is 1. The summed E-state index contributed by atoms with van der Waals surface area (Å²) in [6, 6.07) is 6.13. The average molecular weight is 236 g/mol. The molecule has 17 heavy (non-hydrogen) atoms. The minimum atomic E-state index is 0.154. The van der Waals surface area contributed by atoms with E-state index in [2.05, 4.69) is 18.0 Å². The van der Waals surface area contributed by atoms with E-state index in [4.69, 9.17) is 15.2 Å². The van der Waals surface area contributed by atoms with Gasteiger partial charge in [0.1, 0.15) is 0 Å². The lowest BCUT2D eigenvalue weighted by atomic mass is 9.94. The second-order valence-electron chi connectivity index (χ2n) is 4.57. The molecule has 1 aliphatic rings. The molecule has 0 bridgehead atoms. The number of methoxy groups -OCH3 is 2. The van der Waals surface area contributed by atoms with E-state index in [0.717, 1.165) is 30.2 Å². The number of hydrogen-bond acceptors (Lipinski definition) is 4. The maximum absolute atomic E-state index is 6.18. The van der Waals surface area contributed by atoms with Crippen LogP contribution in [-0.2, 0) is 0 Å². The predicted octanol–water partition coefficient (Wildman–Crippen LogP) is 1.06. The highest BCUT2D eigenvalue weighted by Gasteiger charge is 2.31. The van der Waals surface area contributed by atoms with Gasteiger partial charge in [0.15, 0.2) is 11.5 Å². The van der Waals surface area contributed by atoms with Crippen molar-refractivity contribution in [1.29, 1.82) is 0 Å². The molecule has 0 aliphatic carbocycles. The fourth-order valence-electron chi connectivity index (χ4n) is 2.57. The van der Waals surface area contributed by atoms with Crippen LogP contribution in [0, 0.1) is 0 Å². The van der Waals surface area contributed by atoms with E-state index in [1.165, 1.54) is 0 Å². The Morgan fingerprint density at radius 2 is 2.00 bits per heavy atom. The minimum Gasteiger partial charge on any atom is -0.493 e.